The molecule has 0 saturated carbocycles. The van der Waals surface area contributed by atoms with Crippen molar-refractivity contribution in [2.24, 2.45) is 0 Å². The van der Waals surface area contributed by atoms with Crippen molar-refractivity contribution in [3.05, 3.63) is 81.5 Å². The lowest BCUT2D eigenvalue weighted by Gasteiger charge is -2.17. The highest BCUT2D eigenvalue weighted by Gasteiger charge is 2.29. The maximum absolute atomic E-state index is 13.5. The number of imidazole rings is 1. The van der Waals surface area contributed by atoms with Gasteiger partial charge in [0.25, 0.3) is 0 Å². The lowest BCUT2D eigenvalue weighted by Crippen LogP contribution is -2.31. The Bertz CT molecular complexity index is 1240. The Labute approximate surface area is 204 Å². The number of rotatable bonds is 11. The summed E-state index contributed by atoms with van der Waals surface area (Å²) in [5.41, 5.74) is 3.19. The van der Waals surface area contributed by atoms with Crippen LogP contribution in [0.3, 0.4) is 0 Å². The molecule has 0 saturated heterocycles. The minimum Gasteiger partial charge on any atom is -0.478 e. The predicted octanol–water partition coefficient (Wildman–Crippen LogP) is 4.75. The number of benzene rings is 2. The summed E-state index contributed by atoms with van der Waals surface area (Å²) in [4.78, 5) is 38.0. The first-order valence-electron chi connectivity index (χ1n) is 11.7. The number of methoxy groups -OCH3 is 2. The molecule has 0 aliphatic rings. The highest BCUT2D eigenvalue weighted by atomic mass is 16.7. The fourth-order valence-electron chi connectivity index (χ4n) is 4.29. The monoisotopic (exact) mass is 480 g/mol. The zero-order valence-corrected chi connectivity index (χ0v) is 20.6. The number of aromatic carboxylic acids is 1. The molecule has 0 spiro atoms. The Morgan fingerprint density at radius 2 is 1.63 bits per heavy atom. The van der Waals surface area contributed by atoms with Crippen LogP contribution >= 0.6 is 0 Å². The second-order valence-corrected chi connectivity index (χ2v) is 8.28. The number of carbonyl (C=O) groups is 2. The average Bonchev–Trinajstić information content (AvgIpc) is 3.12. The fourth-order valence-corrected chi connectivity index (χ4v) is 4.29. The fraction of sp³-hybridized carbons (Fsp3) is 0.370. The van der Waals surface area contributed by atoms with Crippen LogP contribution in [-0.4, -0.2) is 40.3 Å². The van der Waals surface area contributed by atoms with Gasteiger partial charge in [-0.2, -0.15) is 0 Å². The molecule has 0 aliphatic heterocycles. The van der Waals surface area contributed by atoms with Crippen molar-refractivity contribution in [1.29, 1.82) is 0 Å². The first-order valence-corrected chi connectivity index (χ1v) is 11.7. The molecule has 8 heteroatoms. The predicted molar refractivity (Wildman–Crippen MR) is 133 cm³/mol. The van der Waals surface area contributed by atoms with Gasteiger partial charge in [-0.3, -0.25) is 9.36 Å². The van der Waals surface area contributed by atoms with Gasteiger partial charge in [0.05, 0.1) is 12.1 Å². The van der Waals surface area contributed by atoms with Crippen molar-refractivity contribution >= 4 is 11.9 Å². The van der Waals surface area contributed by atoms with Crippen molar-refractivity contribution < 1.29 is 24.2 Å². The van der Waals surface area contributed by atoms with Gasteiger partial charge in [0.15, 0.2) is 0 Å². The molecular weight excluding hydrogens is 448 g/mol. The van der Waals surface area contributed by atoms with Crippen LogP contribution in [0.1, 0.15) is 71.5 Å². The molecule has 0 radical (unpaired) electrons. The summed E-state index contributed by atoms with van der Waals surface area (Å²) in [6.45, 7) is 4.16. The zero-order valence-electron chi connectivity index (χ0n) is 20.6. The van der Waals surface area contributed by atoms with E-state index in [2.05, 4.69) is 0 Å². The van der Waals surface area contributed by atoms with Gasteiger partial charge in [0.2, 0.25) is 12.2 Å². The molecule has 2 aromatic carbocycles. The van der Waals surface area contributed by atoms with E-state index in [1.807, 2.05) is 38.1 Å². The smallest absolute Gasteiger partial charge is 0.336 e. The van der Waals surface area contributed by atoms with Crippen molar-refractivity contribution in [3.63, 3.8) is 0 Å². The Hall–Kier alpha value is -3.49. The average molecular weight is 481 g/mol. The van der Waals surface area contributed by atoms with Crippen LogP contribution in [0.5, 0.6) is 0 Å². The van der Waals surface area contributed by atoms with E-state index in [1.54, 1.807) is 28.8 Å². The summed E-state index contributed by atoms with van der Waals surface area (Å²) in [7, 11) is 2.96. The molecule has 1 heterocycles. The largest absolute Gasteiger partial charge is 0.478 e. The molecule has 186 valence electrons. The standard InChI is InChI=1S/C27H32N2O6/c1-5-9-22-24(26(34-3)35-4)29(23(30)10-6-2)27(33)28(22)17-18-13-15-19(16-14-18)20-11-7-8-12-21(20)25(31)32/h7-8,11-16,26H,5-6,9-10,17H2,1-4H3,(H,31,32). The van der Waals surface area contributed by atoms with E-state index in [9.17, 15) is 19.5 Å². The van der Waals surface area contributed by atoms with Gasteiger partial charge < -0.3 is 14.6 Å². The minimum atomic E-state index is -0.989. The molecule has 0 fully saturated rings. The Kier molecular flexibility index (Phi) is 8.78. The molecule has 1 aromatic heterocycles. The van der Waals surface area contributed by atoms with Gasteiger partial charge in [-0.05, 0) is 35.6 Å². The molecule has 0 atom stereocenters. The van der Waals surface area contributed by atoms with Crippen molar-refractivity contribution in [1.82, 2.24) is 9.13 Å². The second kappa shape index (κ2) is 11.8. The van der Waals surface area contributed by atoms with E-state index in [0.717, 1.165) is 17.5 Å². The topological polar surface area (TPSA) is 99.8 Å². The zero-order chi connectivity index (χ0) is 25.5. The highest BCUT2D eigenvalue weighted by Crippen LogP contribution is 2.26. The summed E-state index contributed by atoms with van der Waals surface area (Å²) in [5.74, 6) is -1.28. The van der Waals surface area contributed by atoms with Gasteiger partial charge in [0, 0.05) is 26.3 Å². The quantitative estimate of drug-likeness (QED) is 0.398. The SMILES string of the molecule is CCCC(=O)n1c(C(OC)OC)c(CCC)n(Cc2ccc(-c3ccccc3C(=O)O)cc2)c1=O. The van der Waals surface area contributed by atoms with E-state index in [1.165, 1.54) is 18.8 Å². The van der Waals surface area contributed by atoms with Gasteiger partial charge in [0.1, 0.15) is 5.69 Å². The second-order valence-electron chi connectivity index (χ2n) is 8.28. The van der Waals surface area contributed by atoms with Crippen LogP contribution < -0.4 is 5.69 Å². The van der Waals surface area contributed by atoms with Crippen LogP contribution in [0.4, 0.5) is 0 Å². The third kappa shape index (κ3) is 5.44. The van der Waals surface area contributed by atoms with Crippen LogP contribution in [0, 0.1) is 0 Å². The number of aromatic nitrogens is 2. The van der Waals surface area contributed by atoms with Crippen molar-refractivity contribution in [3.8, 4) is 11.1 Å². The van der Waals surface area contributed by atoms with E-state index < -0.39 is 17.9 Å². The van der Waals surface area contributed by atoms with Crippen LogP contribution in [0.15, 0.2) is 53.3 Å². The van der Waals surface area contributed by atoms with E-state index in [-0.39, 0.29) is 24.4 Å². The number of hydrogen-bond donors (Lipinski definition) is 1. The molecule has 8 nitrogen and oxygen atoms in total. The normalized spacial score (nSPS) is 11.2. The van der Waals surface area contributed by atoms with E-state index in [0.29, 0.717) is 29.8 Å². The summed E-state index contributed by atoms with van der Waals surface area (Å²) >= 11 is 0. The van der Waals surface area contributed by atoms with Crippen LogP contribution in [0.2, 0.25) is 0 Å². The summed E-state index contributed by atoms with van der Waals surface area (Å²) in [6, 6.07) is 14.2. The summed E-state index contributed by atoms with van der Waals surface area (Å²) < 4.78 is 13.7. The van der Waals surface area contributed by atoms with Gasteiger partial charge in [-0.25, -0.2) is 14.2 Å². The number of carboxylic acid groups (broad SMARTS) is 1. The maximum Gasteiger partial charge on any atom is 0.336 e. The lowest BCUT2D eigenvalue weighted by atomic mass is 9.99. The Balaban J connectivity index is 2.07. The Morgan fingerprint density at radius 3 is 2.20 bits per heavy atom. The molecule has 0 amide bonds. The van der Waals surface area contributed by atoms with Crippen LogP contribution in [0.25, 0.3) is 11.1 Å². The first kappa shape index (κ1) is 26.1. The van der Waals surface area contributed by atoms with Gasteiger partial charge in [-0.1, -0.05) is 62.7 Å². The third-order valence-corrected chi connectivity index (χ3v) is 5.90. The molecular formula is C27H32N2O6. The van der Waals surface area contributed by atoms with Crippen molar-refractivity contribution in [2.75, 3.05) is 14.2 Å². The molecule has 0 unspecified atom stereocenters. The van der Waals surface area contributed by atoms with Gasteiger partial charge >= 0.3 is 11.7 Å². The minimum absolute atomic E-state index is 0.225. The summed E-state index contributed by atoms with van der Waals surface area (Å²) in [5, 5.41) is 9.50. The molecule has 3 rings (SSSR count). The molecule has 3 aromatic rings. The molecule has 0 bridgehead atoms. The van der Waals surface area contributed by atoms with Gasteiger partial charge in [-0.15, -0.1) is 0 Å². The maximum atomic E-state index is 13.5. The number of carboxylic acids is 1. The summed E-state index contributed by atoms with van der Waals surface area (Å²) in [6.07, 6.45) is 1.35. The Morgan fingerprint density at radius 1 is 0.971 bits per heavy atom. The number of hydrogen-bond acceptors (Lipinski definition) is 5. The lowest BCUT2D eigenvalue weighted by molar-refractivity contribution is -0.110. The molecule has 35 heavy (non-hydrogen) atoms. The first-order chi connectivity index (χ1) is 16.9. The van der Waals surface area contributed by atoms with Crippen LogP contribution in [-0.2, 0) is 22.4 Å². The van der Waals surface area contributed by atoms with E-state index >= 15 is 0 Å². The molecule has 1 N–H and O–H groups in total. The number of nitrogens with zero attached hydrogens (tertiary/aromatic N) is 2. The van der Waals surface area contributed by atoms with E-state index in [4.69, 9.17) is 9.47 Å². The molecule has 0 aliphatic carbocycles. The highest BCUT2D eigenvalue weighted by molar-refractivity contribution is 5.96. The third-order valence-electron chi connectivity index (χ3n) is 5.90. The number of carbonyl (C=O) groups excluding carboxylic acids is 1. The number of ether oxygens (including phenoxy) is 2. The van der Waals surface area contributed by atoms with Crippen molar-refractivity contribution in [2.45, 2.75) is 52.4 Å².